The summed E-state index contributed by atoms with van der Waals surface area (Å²) in [7, 11) is 0. The molecule has 2 heterocycles. The lowest BCUT2D eigenvalue weighted by atomic mass is 9.98. The minimum Gasteiger partial charge on any atom is -0.507 e. The second-order valence-electron chi connectivity index (χ2n) is 9.72. The van der Waals surface area contributed by atoms with E-state index < -0.39 is 17.7 Å². The molecule has 192 valence electrons. The number of Topliss-reactive ketones (excluding diaryl/α,β-unsaturated/α-hetero) is 1. The molecule has 4 aromatic rings. The molecule has 1 amide bonds. The molecule has 1 N–H and O–H groups in total. The first-order chi connectivity index (χ1) is 18.2. The number of ether oxygens (including phenoxy) is 1. The Morgan fingerprint density at radius 3 is 2.24 bits per heavy atom. The van der Waals surface area contributed by atoms with Crippen LogP contribution in [-0.4, -0.2) is 16.8 Å². The largest absolute Gasteiger partial charge is 0.507 e. The van der Waals surface area contributed by atoms with E-state index in [4.69, 9.17) is 9.15 Å². The number of hydrogen-bond donors (Lipinski definition) is 1. The number of hydrogen-bond acceptors (Lipinski definition) is 5. The molecular weight excluding hydrogens is 478 g/mol. The van der Waals surface area contributed by atoms with E-state index in [-0.39, 0.29) is 11.3 Å². The highest BCUT2D eigenvalue weighted by Gasteiger charge is 2.48. The van der Waals surface area contributed by atoms with Crippen LogP contribution in [0.3, 0.4) is 0 Å². The first-order valence-electron chi connectivity index (χ1n) is 12.5. The Morgan fingerprint density at radius 2 is 1.61 bits per heavy atom. The Morgan fingerprint density at radius 1 is 0.895 bits per heavy atom. The van der Waals surface area contributed by atoms with E-state index in [9.17, 15) is 14.7 Å². The lowest BCUT2D eigenvalue weighted by Gasteiger charge is -2.24. The molecule has 1 aliphatic heterocycles. The maximum absolute atomic E-state index is 13.4. The first-order valence-corrected chi connectivity index (χ1v) is 12.5. The highest BCUT2D eigenvalue weighted by atomic mass is 16.5. The number of anilines is 1. The lowest BCUT2D eigenvalue weighted by Crippen LogP contribution is -2.29. The number of aliphatic hydroxyl groups is 1. The van der Waals surface area contributed by atoms with Gasteiger partial charge in [0, 0.05) is 11.3 Å². The summed E-state index contributed by atoms with van der Waals surface area (Å²) in [6, 6.07) is 23.4. The molecule has 6 nitrogen and oxygen atoms in total. The van der Waals surface area contributed by atoms with Crippen LogP contribution >= 0.6 is 0 Å². The average Bonchev–Trinajstić information content (AvgIpc) is 3.43. The minimum atomic E-state index is -0.904. The first kappa shape index (κ1) is 25.1. The quantitative estimate of drug-likeness (QED) is 0.178. The van der Waals surface area contributed by atoms with Gasteiger partial charge in [-0.3, -0.25) is 14.5 Å². The topological polar surface area (TPSA) is 80.0 Å². The molecule has 1 fully saturated rings. The van der Waals surface area contributed by atoms with Crippen LogP contribution in [0.15, 0.2) is 88.9 Å². The van der Waals surface area contributed by atoms with Crippen molar-refractivity contribution in [3.63, 3.8) is 0 Å². The van der Waals surface area contributed by atoms with Crippen molar-refractivity contribution < 1.29 is 23.8 Å². The van der Waals surface area contributed by atoms with Crippen LogP contribution in [-0.2, 0) is 16.2 Å². The van der Waals surface area contributed by atoms with E-state index in [1.165, 1.54) is 4.90 Å². The number of aryl methyl sites for hydroxylation is 4. The number of carbonyl (C=O) groups is 2. The van der Waals surface area contributed by atoms with Crippen LogP contribution in [0.25, 0.3) is 5.76 Å². The van der Waals surface area contributed by atoms with E-state index in [2.05, 4.69) is 0 Å². The van der Waals surface area contributed by atoms with Crippen LogP contribution in [0, 0.1) is 27.7 Å². The number of furan rings is 1. The van der Waals surface area contributed by atoms with Crippen LogP contribution in [0.2, 0.25) is 0 Å². The number of amides is 1. The van der Waals surface area contributed by atoms with Gasteiger partial charge in [0.15, 0.2) is 0 Å². The van der Waals surface area contributed by atoms with Crippen molar-refractivity contribution in [3.8, 4) is 5.75 Å². The van der Waals surface area contributed by atoms with Gasteiger partial charge in [-0.2, -0.15) is 0 Å². The molecule has 5 rings (SSSR count). The van der Waals surface area contributed by atoms with Crippen molar-refractivity contribution in [2.75, 3.05) is 4.90 Å². The Labute approximate surface area is 221 Å². The van der Waals surface area contributed by atoms with Crippen molar-refractivity contribution in [2.45, 2.75) is 40.3 Å². The van der Waals surface area contributed by atoms with Gasteiger partial charge in [0.05, 0.1) is 5.57 Å². The molecule has 0 radical (unpaired) electrons. The number of carbonyl (C=O) groups excluding carboxylic acids is 2. The molecule has 1 aromatic heterocycles. The zero-order chi connectivity index (χ0) is 27.0. The van der Waals surface area contributed by atoms with Gasteiger partial charge in [-0.1, -0.05) is 36.4 Å². The smallest absolute Gasteiger partial charge is 0.300 e. The second-order valence-corrected chi connectivity index (χ2v) is 9.72. The molecule has 3 aromatic carbocycles. The molecule has 1 atom stereocenters. The minimum absolute atomic E-state index is 0.0131. The van der Waals surface area contributed by atoms with E-state index in [0.717, 1.165) is 22.3 Å². The third-order valence-electron chi connectivity index (χ3n) is 6.65. The molecule has 1 unspecified atom stereocenters. The van der Waals surface area contributed by atoms with Crippen LogP contribution < -0.4 is 9.64 Å². The Hall–Kier alpha value is -4.58. The van der Waals surface area contributed by atoms with Crippen LogP contribution in [0.1, 0.15) is 45.4 Å². The van der Waals surface area contributed by atoms with Crippen molar-refractivity contribution in [3.05, 3.63) is 124 Å². The summed E-state index contributed by atoms with van der Waals surface area (Å²) in [5, 5.41) is 11.4. The number of aliphatic hydroxyl groups excluding tert-OH is 1. The van der Waals surface area contributed by atoms with Crippen molar-refractivity contribution in [1.82, 2.24) is 0 Å². The molecule has 38 heavy (non-hydrogen) atoms. The van der Waals surface area contributed by atoms with Gasteiger partial charge in [0.1, 0.15) is 35.7 Å². The molecule has 0 spiro atoms. The standard InChI is InChI=1S/C32H29NO5/c1-19-14-20(2)16-25(15-19)33-29(27-12-10-22(4)38-27)28(31(35)32(33)36)30(34)24-11-13-26(21(3)17-24)37-18-23-8-6-5-7-9-23/h5-17,29,34H,18H2,1-4H3/b30-28-. The van der Waals surface area contributed by atoms with Gasteiger partial charge < -0.3 is 14.3 Å². The molecule has 1 saturated heterocycles. The Bertz CT molecular complexity index is 1540. The van der Waals surface area contributed by atoms with Gasteiger partial charge >= 0.3 is 0 Å². The summed E-state index contributed by atoms with van der Waals surface area (Å²) in [6.45, 7) is 7.95. The van der Waals surface area contributed by atoms with Crippen LogP contribution in [0.4, 0.5) is 5.69 Å². The number of rotatable bonds is 6. The van der Waals surface area contributed by atoms with Gasteiger partial charge in [-0.25, -0.2) is 0 Å². The molecular formula is C32H29NO5. The summed E-state index contributed by atoms with van der Waals surface area (Å²) in [5.41, 5.74) is 4.72. The van der Waals surface area contributed by atoms with Gasteiger partial charge in [0.2, 0.25) is 0 Å². The fraction of sp³-hybridized carbons (Fsp3) is 0.188. The maximum Gasteiger partial charge on any atom is 0.300 e. The van der Waals surface area contributed by atoms with Gasteiger partial charge in [0.25, 0.3) is 11.7 Å². The second kappa shape index (κ2) is 10.1. The molecule has 0 saturated carbocycles. The third kappa shape index (κ3) is 4.73. The van der Waals surface area contributed by atoms with E-state index in [1.54, 1.807) is 37.3 Å². The average molecular weight is 508 g/mol. The summed E-state index contributed by atoms with van der Waals surface area (Å²) in [4.78, 5) is 28.2. The highest BCUT2D eigenvalue weighted by Crippen LogP contribution is 2.43. The summed E-state index contributed by atoms with van der Waals surface area (Å²) >= 11 is 0. The monoisotopic (exact) mass is 507 g/mol. The van der Waals surface area contributed by atoms with E-state index in [1.807, 2.05) is 69.3 Å². The molecule has 0 bridgehead atoms. The van der Waals surface area contributed by atoms with Gasteiger partial charge in [-0.05, 0) is 92.4 Å². The fourth-order valence-corrected chi connectivity index (χ4v) is 4.91. The summed E-state index contributed by atoms with van der Waals surface area (Å²) < 4.78 is 11.9. The van der Waals surface area contributed by atoms with Crippen molar-refractivity contribution in [1.29, 1.82) is 0 Å². The lowest BCUT2D eigenvalue weighted by molar-refractivity contribution is -0.132. The number of benzene rings is 3. The number of nitrogens with zero attached hydrogens (tertiary/aromatic N) is 1. The zero-order valence-electron chi connectivity index (χ0n) is 21.8. The predicted molar refractivity (Wildman–Crippen MR) is 146 cm³/mol. The maximum atomic E-state index is 13.4. The van der Waals surface area contributed by atoms with E-state index >= 15 is 0 Å². The Kier molecular flexibility index (Phi) is 6.64. The van der Waals surface area contributed by atoms with Gasteiger partial charge in [-0.15, -0.1) is 0 Å². The predicted octanol–water partition coefficient (Wildman–Crippen LogP) is 6.72. The molecule has 6 heteroatoms. The summed E-state index contributed by atoms with van der Waals surface area (Å²) in [5.74, 6) is -0.0204. The van der Waals surface area contributed by atoms with Crippen molar-refractivity contribution >= 4 is 23.1 Å². The van der Waals surface area contributed by atoms with E-state index in [0.29, 0.717) is 35.1 Å². The summed E-state index contributed by atoms with van der Waals surface area (Å²) in [6.07, 6.45) is 0. The molecule has 1 aliphatic rings. The SMILES string of the molecule is Cc1cc(C)cc(N2C(=O)C(=O)/C(=C(\O)c3ccc(OCc4ccccc4)c(C)c3)C2c2ccc(C)o2)c1. The fourth-order valence-electron chi connectivity index (χ4n) is 4.91. The highest BCUT2D eigenvalue weighted by molar-refractivity contribution is 6.51. The Balaban J connectivity index is 1.56. The number of ketones is 1. The third-order valence-corrected chi connectivity index (χ3v) is 6.65. The van der Waals surface area contributed by atoms with Crippen molar-refractivity contribution in [2.24, 2.45) is 0 Å². The van der Waals surface area contributed by atoms with Crippen LogP contribution in [0.5, 0.6) is 5.75 Å². The normalized spacial score (nSPS) is 16.7. The molecule has 0 aliphatic carbocycles. The zero-order valence-corrected chi connectivity index (χ0v) is 21.8.